The molecule has 0 aliphatic carbocycles. The Balaban J connectivity index is 1.77. The molecule has 0 bridgehead atoms. The first kappa shape index (κ1) is 23.9. The number of hydrogen-bond donors (Lipinski definition) is 1. The summed E-state index contributed by atoms with van der Waals surface area (Å²) in [7, 11) is -2.11. The van der Waals surface area contributed by atoms with Crippen LogP contribution in [0.2, 0.25) is 41.0 Å². The third-order valence-electron chi connectivity index (χ3n) is 7.88. The van der Waals surface area contributed by atoms with Crippen LogP contribution in [0.1, 0.15) is 10.4 Å². The molecule has 2 nitrogen and oxygen atoms in total. The molecule has 178 valence electrons. The molecule has 3 aromatic heterocycles. The van der Waals surface area contributed by atoms with Crippen molar-refractivity contribution in [3.8, 4) is 26.6 Å². The van der Waals surface area contributed by atoms with Gasteiger partial charge in [0.1, 0.15) is 0 Å². The molecule has 0 radical (unpaired) electrons. The molecule has 4 aromatic rings. The topological polar surface area (TPSA) is 29.5 Å². The van der Waals surface area contributed by atoms with Crippen molar-refractivity contribution >= 4 is 102 Å². The Bertz CT molecular complexity index is 1530. The zero-order valence-electron chi connectivity index (χ0n) is 21.4. The van der Waals surface area contributed by atoms with Crippen molar-refractivity contribution in [3.05, 3.63) is 22.6 Å². The molecule has 1 N–H and O–H groups in total. The van der Waals surface area contributed by atoms with Crippen molar-refractivity contribution in [2.75, 3.05) is 7.11 Å². The maximum absolute atomic E-state index is 10.9. The number of aliphatic hydroxyl groups excluding tert-OH is 1. The third-order valence-corrected chi connectivity index (χ3v) is 28.4. The van der Waals surface area contributed by atoms with E-state index in [1.807, 2.05) is 41.1 Å². The predicted octanol–water partition coefficient (Wildman–Crippen LogP) is 4.98. The van der Waals surface area contributed by atoms with E-state index in [0.717, 1.165) is 5.75 Å². The number of aliphatic hydroxyl groups is 1. The van der Waals surface area contributed by atoms with E-state index in [1.54, 1.807) is 13.3 Å². The number of thiophene rings is 3. The fourth-order valence-corrected chi connectivity index (χ4v) is 25.2. The zero-order valence-corrected chi connectivity index (χ0v) is 28.7. The summed E-state index contributed by atoms with van der Waals surface area (Å²) in [6, 6.07) is 4.93. The summed E-state index contributed by atoms with van der Waals surface area (Å²) in [4.78, 5) is 11.8. The minimum atomic E-state index is -2.21. The first-order chi connectivity index (χ1) is 15.8. The van der Waals surface area contributed by atoms with Crippen LogP contribution in [0, 0.1) is 6.92 Å². The summed E-state index contributed by atoms with van der Waals surface area (Å²) < 4.78 is 11.0. The summed E-state index contributed by atoms with van der Waals surface area (Å²) in [5.41, 5.74) is 3.89. The van der Waals surface area contributed by atoms with E-state index >= 15 is 0 Å². The van der Waals surface area contributed by atoms with Gasteiger partial charge >= 0.3 is 222 Å². The fraction of sp³-hybridized carbons (Fsp3) is 0.385. The van der Waals surface area contributed by atoms with Crippen molar-refractivity contribution in [3.63, 3.8) is 0 Å². The molecule has 1 aromatic carbocycles. The van der Waals surface area contributed by atoms with Crippen LogP contribution in [-0.4, -0.2) is 46.7 Å². The molecule has 0 fully saturated rings. The van der Waals surface area contributed by atoms with E-state index in [9.17, 15) is 5.11 Å². The molecule has 0 saturated carbocycles. The van der Waals surface area contributed by atoms with Crippen molar-refractivity contribution in [2.45, 2.75) is 54.5 Å². The van der Waals surface area contributed by atoms with Crippen LogP contribution in [0.25, 0.3) is 30.3 Å². The number of benzene rings is 1. The molecule has 0 amide bonds. The molecule has 0 atom stereocenters. The fourth-order valence-electron chi connectivity index (χ4n) is 6.31. The standard InChI is InChI=1S/C23H23O2S3Si2.3CH3.Sn/c1-11-9-13-18(27-11)23-20(28-13)15-12(10-24)21-16(17(25-2)22(15)30(23,5)6)19-14(7-8-26-19)29(21,3)4;;;;/h7,9,24H,10H2,1-6H3;3*1H3;. The van der Waals surface area contributed by atoms with Crippen LogP contribution in [0.15, 0.2) is 12.1 Å². The maximum atomic E-state index is 10.9. The van der Waals surface area contributed by atoms with Gasteiger partial charge in [0, 0.05) is 0 Å². The summed E-state index contributed by atoms with van der Waals surface area (Å²) in [5.74, 6) is 1.13. The van der Waals surface area contributed by atoms with Crippen LogP contribution in [0.4, 0.5) is 0 Å². The average molecular weight is 648 g/mol. The van der Waals surface area contributed by atoms with Crippen molar-refractivity contribution < 1.29 is 9.84 Å². The summed E-state index contributed by atoms with van der Waals surface area (Å²) in [5, 5.41) is 17.0. The second kappa shape index (κ2) is 7.33. The normalized spacial score (nSPS) is 17.1. The van der Waals surface area contributed by atoms with E-state index < -0.39 is 34.5 Å². The molecule has 5 heterocycles. The van der Waals surface area contributed by atoms with E-state index in [1.165, 1.54) is 51.1 Å². The Hall–Kier alpha value is -0.428. The van der Waals surface area contributed by atoms with Gasteiger partial charge < -0.3 is 0 Å². The SMILES string of the molecule is COc1c2c(c(CO)c3c1[Si](C)(C)c1c-3sc3cc(C)sc13)[Si](C)(C)c1c[c]([Sn]([CH3])([CH3])[CH3])sc1-2. The molecule has 2 aliphatic rings. The minimum absolute atomic E-state index is 0.111. The molecule has 0 spiro atoms. The number of hydrogen-bond acceptors (Lipinski definition) is 5. The van der Waals surface area contributed by atoms with Crippen LogP contribution >= 0.6 is 34.0 Å². The van der Waals surface area contributed by atoms with Gasteiger partial charge in [0.15, 0.2) is 0 Å². The van der Waals surface area contributed by atoms with E-state index in [4.69, 9.17) is 4.74 Å². The third kappa shape index (κ3) is 2.86. The Kier molecular flexibility index (Phi) is 5.16. The van der Waals surface area contributed by atoms with Gasteiger partial charge in [0.2, 0.25) is 0 Å². The van der Waals surface area contributed by atoms with Gasteiger partial charge in [-0.05, 0) is 0 Å². The molecular weight excluding hydrogens is 615 g/mol. The molecule has 6 rings (SSSR count). The van der Waals surface area contributed by atoms with E-state index in [0.29, 0.717) is 0 Å². The second-order valence-corrected chi connectivity index (χ2v) is 39.2. The summed E-state index contributed by atoms with van der Waals surface area (Å²) in [6.45, 7) is 12.3. The Morgan fingerprint density at radius 3 is 2.21 bits per heavy atom. The molecule has 0 saturated heterocycles. The van der Waals surface area contributed by atoms with Gasteiger partial charge in [-0.2, -0.15) is 0 Å². The number of rotatable bonds is 3. The van der Waals surface area contributed by atoms with Crippen molar-refractivity contribution in [1.29, 1.82) is 0 Å². The van der Waals surface area contributed by atoms with E-state index in [2.05, 4.69) is 60.1 Å². The first-order valence-corrected chi connectivity index (χ1v) is 30.4. The molecule has 0 unspecified atom stereocenters. The molecular formula is C26H32O2S3Si2Sn. The number of fused-ring (bicyclic) bond motifs is 8. The Labute approximate surface area is 220 Å². The first-order valence-electron chi connectivity index (χ1n) is 11.9. The van der Waals surface area contributed by atoms with Gasteiger partial charge in [-0.1, -0.05) is 0 Å². The molecule has 8 heteroatoms. The average Bonchev–Trinajstić information content (AvgIpc) is 3.48. The monoisotopic (exact) mass is 648 g/mol. The second-order valence-electron chi connectivity index (χ2n) is 11.9. The van der Waals surface area contributed by atoms with Crippen LogP contribution < -0.4 is 28.4 Å². The molecule has 34 heavy (non-hydrogen) atoms. The van der Waals surface area contributed by atoms with Gasteiger partial charge in [0.25, 0.3) is 0 Å². The van der Waals surface area contributed by atoms with Gasteiger partial charge in [-0.3, -0.25) is 0 Å². The quantitative estimate of drug-likeness (QED) is 0.318. The Morgan fingerprint density at radius 1 is 0.882 bits per heavy atom. The van der Waals surface area contributed by atoms with Crippen molar-refractivity contribution in [2.24, 2.45) is 0 Å². The summed E-state index contributed by atoms with van der Waals surface area (Å²) >= 11 is 3.73. The predicted molar refractivity (Wildman–Crippen MR) is 162 cm³/mol. The molecule has 2 aliphatic heterocycles. The van der Waals surface area contributed by atoms with Crippen LogP contribution in [0.5, 0.6) is 5.75 Å². The van der Waals surface area contributed by atoms with E-state index in [-0.39, 0.29) is 6.61 Å². The van der Waals surface area contributed by atoms with Gasteiger partial charge in [-0.15, -0.1) is 0 Å². The summed E-state index contributed by atoms with van der Waals surface area (Å²) in [6.07, 6.45) is 0. The number of aryl methyl sites for hydroxylation is 1. The zero-order chi connectivity index (χ0) is 24.5. The Morgan fingerprint density at radius 2 is 1.59 bits per heavy atom. The van der Waals surface area contributed by atoms with Crippen molar-refractivity contribution in [1.82, 2.24) is 0 Å². The van der Waals surface area contributed by atoms with Gasteiger partial charge in [0.05, 0.1) is 0 Å². The van der Waals surface area contributed by atoms with Crippen LogP contribution in [0.3, 0.4) is 0 Å². The van der Waals surface area contributed by atoms with Gasteiger partial charge in [-0.25, -0.2) is 0 Å². The number of methoxy groups -OCH3 is 1. The van der Waals surface area contributed by atoms with Crippen LogP contribution in [-0.2, 0) is 6.61 Å². The number of ether oxygens (including phenoxy) is 1.